The van der Waals surface area contributed by atoms with E-state index in [-0.39, 0.29) is 51.7 Å². The van der Waals surface area contributed by atoms with E-state index in [9.17, 15) is 37.1 Å². The molecule has 6 amide bonds. The summed E-state index contributed by atoms with van der Waals surface area (Å²) in [4.78, 5) is 99.6. The van der Waals surface area contributed by atoms with Gasteiger partial charge in [-0.2, -0.15) is 13.2 Å². The lowest BCUT2D eigenvalue weighted by Crippen LogP contribution is -2.58. The van der Waals surface area contributed by atoms with Gasteiger partial charge in [0.1, 0.15) is 48.7 Å². The fourth-order valence-corrected chi connectivity index (χ4v) is 8.48. The number of aliphatic carboxylic acids is 1. The smallest absolute Gasteiger partial charge is 0.489 e. The molecule has 4 aromatic carbocycles. The van der Waals surface area contributed by atoms with Gasteiger partial charge in [-0.05, 0) is 66.3 Å². The maximum atomic E-state index is 15.0. The number of unbranched alkanes of at least 4 members (excludes halogenated alkanes) is 1. The summed E-state index contributed by atoms with van der Waals surface area (Å²) in [5, 5.41) is 22.1. The van der Waals surface area contributed by atoms with Crippen LogP contribution < -0.4 is 42.8 Å². The Kier molecular flexibility index (Phi) is 19.9. The number of alkyl carbamates (subject to hydrolysis) is 1. The standard InChI is InChI=1S/C50H59N9O8.C2HF3O2/c51-22-10-9-17-40-45(60)56-41(25-33-18-20-36(21-19-33)66-31-34-13-5-2-6-14-34)46(61)58-43(26-32-11-3-1-4-12-32)49(64)59-30-37(67-50(65)53-24-23-52)28-44(59)48(63)57-42(47(62)55-40)27-35-29-54-39-16-8-7-15-38(35)39;3-2(4,5)1(6)7/h1-8,11-16,18-21,29,37,40-44,54H,9-10,17,22-28,30-31,51-52H2,(H,53,65)(H,55,62)(H,56,60)(H,57,63)(H,58,61);(H,6,7)/t37?,40-,41-,42+,43-,44-;/m0./s1. The summed E-state index contributed by atoms with van der Waals surface area (Å²) >= 11 is 0. The van der Waals surface area contributed by atoms with Gasteiger partial charge in [0.2, 0.25) is 29.5 Å². The van der Waals surface area contributed by atoms with Gasteiger partial charge in [-0.25, -0.2) is 9.59 Å². The summed E-state index contributed by atoms with van der Waals surface area (Å²) in [7, 11) is 0. The maximum Gasteiger partial charge on any atom is 0.490 e. The Morgan fingerprint density at radius 3 is 1.88 bits per heavy atom. The predicted octanol–water partition coefficient (Wildman–Crippen LogP) is 3.14. The number of carboxylic acid groups (broad SMARTS) is 1. The van der Waals surface area contributed by atoms with E-state index in [1.165, 1.54) is 4.90 Å². The number of nitrogens with two attached hydrogens (primary N) is 2. The van der Waals surface area contributed by atoms with Crippen molar-refractivity contribution in [2.75, 3.05) is 26.2 Å². The summed E-state index contributed by atoms with van der Waals surface area (Å²) in [6, 6.07) is 27.4. The average Bonchev–Trinajstić information content (AvgIpc) is 4.01. The van der Waals surface area contributed by atoms with Gasteiger partial charge in [0.25, 0.3) is 0 Å². The van der Waals surface area contributed by atoms with Crippen LogP contribution in [0.1, 0.15) is 47.9 Å². The molecule has 5 aromatic rings. The van der Waals surface area contributed by atoms with Crippen LogP contribution in [0.3, 0.4) is 0 Å². The number of ether oxygens (including phenoxy) is 2. The molecular weight excluding hydrogens is 968 g/mol. The highest BCUT2D eigenvalue weighted by Gasteiger charge is 2.45. The molecule has 2 aliphatic heterocycles. The second kappa shape index (κ2) is 26.6. The first-order valence-corrected chi connectivity index (χ1v) is 24.0. The molecule has 1 unspecified atom stereocenters. The largest absolute Gasteiger partial charge is 0.490 e. The predicted molar refractivity (Wildman–Crippen MR) is 265 cm³/mol. The van der Waals surface area contributed by atoms with E-state index in [2.05, 4.69) is 31.6 Å². The molecule has 11 N–H and O–H groups in total. The van der Waals surface area contributed by atoms with Crippen LogP contribution in [0.2, 0.25) is 0 Å². The Labute approximate surface area is 424 Å². The number of halogens is 3. The monoisotopic (exact) mass is 1030 g/mol. The summed E-state index contributed by atoms with van der Waals surface area (Å²) in [5.41, 5.74) is 15.4. The number of hydrogen-bond donors (Lipinski definition) is 9. The van der Waals surface area contributed by atoms with Crippen LogP contribution in [-0.2, 0) is 59.4 Å². The van der Waals surface area contributed by atoms with E-state index in [0.717, 1.165) is 22.0 Å². The number of para-hydroxylation sites is 1. The molecule has 0 bridgehead atoms. The van der Waals surface area contributed by atoms with Gasteiger partial charge in [0.05, 0.1) is 6.54 Å². The molecular formula is C52H60F3N9O10. The van der Waals surface area contributed by atoms with Gasteiger partial charge in [0.15, 0.2) is 0 Å². The van der Waals surface area contributed by atoms with Gasteiger partial charge in [-0.3, -0.25) is 24.0 Å². The zero-order valence-electron chi connectivity index (χ0n) is 40.3. The van der Waals surface area contributed by atoms with Crippen LogP contribution in [0.5, 0.6) is 5.75 Å². The number of hydrogen-bond acceptors (Lipinski definition) is 11. The number of carbonyl (C=O) groups is 7. The third-order valence-electron chi connectivity index (χ3n) is 12.2. The van der Waals surface area contributed by atoms with E-state index < -0.39 is 84.1 Å². The molecule has 2 fully saturated rings. The number of nitrogens with zero attached hydrogens (tertiary/aromatic N) is 1. The van der Waals surface area contributed by atoms with Gasteiger partial charge in [-0.1, -0.05) is 91.0 Å². The molecule has 2 aliphatic rings. The number of benzene rings is 4. The Morgan fingerprint density at radius 2 is 1.23 bits per heavy atom. The third-order valence-corrected chi connectivity index (χ3v) is 12.2. The maximum absolute atomic E-state index is 15.0. The molecule has 3 heterocycles. The molecule has 0 spiro atoms. The van der Waals surface area contributed by atoms with Gasteiger partial charge >= 0.3 is 18.2 Å². The molecule has 74 heavy (non-hydrogen) atoms. The highest BCUT2D eigenvalue weighted by molar-refractivity contribution is 5.99. The molecule has 7 rings (SSSR count). The van der Waals surface area contributed by atoms with Crippen molar-refractivity contribution >= 4 is 52.5 Å². The summed E-state index contributed by atoms with van der Waals surface area (Å²) in [6.45, 7) is 0.831. The Bertz CT molecular complexity index is 2690. The van der Waals surface area contributed by atoms with Crippen LogP contribution in [0, 0.1) is 0 Å². The van der Waals surface area contributed by atoms with E-state index in [1.807, 2.05) is 84.9 Å². The van der Waals surface area contributed by atoms with Crippen LogP contribution in [0.4, 0.5) is 18.0 Å². The van der Waals surface area contributed by atoms with E-state index in [4.69, 9.17) is 30.8 Å². The molecule has 6 atom stereocenters. The lowest BCUT2D eigenvalue weighted by molar-refractivity contribution is -0.192. The highest BCUT2D eigenvalue weighted by Crippen LogP contribution is 2.25. The van der Waals surface area contributed by atoms with Crippen molar-refractivity contribution < 1.29 is 61.3 Å². The number of fused-ring (bicyclic) bond motifs is 2. The zero-order valence-corrected chi connectivity index (χ0v) is 40.3. The Hall–Kier alpha value is -7.98. The molecule has 1 aromatic heterocycles. The summed E-state index contributed by atoms with van der Waals surface area (Å²) in [5.74, 6) is -5.40. The fourth-order valence-electron chi connectivity index (χ4n) is 8.48. The normalized spacial score (nSPS) is 20.6. The molecule has 394 valence electrons. The number of aromatic nitrogens is 1. The zero-order chi connectivity index (χ0) is 53.2. The quantitative estimate of drug-likeness (QED) is 0.0645. The number of nitrogens with one attached hydrogen (secondary N) is 6. The van der Waals surface area contributed by atoms with E-state index in [0.29, 0.717) is 42.9 Å². The highest BCUT2D eigenvalue weighted by atomic mass is 19.4. The summed E-state index contributed by atoms with van der Waals surface area (Å²) < 4.78 is 43.4. The number of carbonyl (C=O) groups excluding carboxylic acids is 6. The van der Waals surface area contributed by atoms with Gasteiger partial charge in [-0.15, -0.1) is 0 Å². The lowest BCUT2D eigenvalue weighted by Gasteiger charge is -2.30. The van der Waals surface area contributed by atoms with Crippen molar-refractivity contribution in [1.29, 1.82) is 0 Å². The van der Waals surface area contributed by atoms with Crippen molar-refractivity contribution in [2.24, 2.45) is 11.5 Å². The first kappa shape index (κ1) is 55.3. The number of aromatic amines is 1. The number of carboxylic acids is 1. The SMILES string of the molecule is NCCCC[C@@H]1NC(=O)[C@@H](Cc2c[nH]c3ccccc23)NC(=O)[C@@H]2CC(OC(=O)NCCN)CN2C(=O)[C@H](Cc2ccccc2)NC(=O)[C@H](Cc2ccc(OCc3ccccc3)cc2)NC1=O.O=C(O)C(F)(F)F. The Morgan fingerprint density at radius 1 is 0.676 bits per heavy atom. The first-order chi connectivity index (χ1) is 35.5. The molecule has 22 heteroatoms. The Balaban J connectivity index is 0.00000119. The second-order valence-electron chi connectivity index (χ2n) is 17.7. The molecule has 19 nitrogen and oxygen atoms in total. The lowest BCUT2D eigenvalue weighted by atomic mass is 10.0. The molecule has 0 aliphatic carbocycles. The third kappa shape index (κ3) is 16.0. The minimum absolute atomic E-state index is 0.00957. The van der Waals surface area contributed by atoms with Crippen LogP contribution >= 0.6 is 0 Å². The van der Waals surface area contributed by atoms with Crippen molar-refractivity contribution in [2.45, 2.75) is 94.0 Å². The second-order valence-corrected chi connectivity index (χ2v) is 17.7. The fraction of sp³-hybridized carbons (Fsp3) is 0.365. The molecule has 0 radical (unpaired) electrons. The topological polar surface area (TPSA) is 289 Å². The first-order valence-electron chi connectivity index (χ1n) is 24.0. The van der Waals surface area contributed by atoms with Gasteiger partial charge < -0.3 is 62.5 Å². The number of H-pyrrole nitrogens is 1. The van der Waals surface area contributed by atoms with Crippen molar-refractivity contribution in [3.8, 4) is 5.75 Å². The summed E-state index contributed by atoms with van der Waals surface area (Å²) in [6.07, 6.45) is -3.85. The van der Waals surface area contributed by atoms with Crippen molar-refractivity contribution in [1.82, 2.24) is 36.5 Å². The van der Waals surface area contributed by atoms with Crippen LogP contribution in [0.25, 0.3) is 10.9 Å². The van der Waals surface area contributed by atoms with Crippen LogP contribution in [-0.4, -0.2) is 125 Å². The minimum Gasteiger partial charge on any atom is -0.489 e. The number of amides is 6. The van der Waals surface area contributed by atoms with Gasteiger partial charge in [0, 0.05) is 55.9 Å². The van der Waals surface area contributed by atoms with E-state index >= 15 is 4.79 Å². The minimum atomic E-state index is -5.08. The van der Waals surface area contributed by atoms with Crippen molar-refractivity contribution in [3.05, 3.63) is 138 Å². The van der Waals surface area contributed by atoms with Crippen molar-refractivity contribution in [3.63, 3.8) is 0 Å². The number of rotatable bonds is 16. The van der Waals surface area contributed by atoms with Crippen LogP contribution in [0.15, 0.2) is 115 Å². The number of alkyl halides is 3. The van der Waals surface area contributed by atoms with E-state index in [1.54, 1.807) is 30.5 Å². The molecule has 2 saturated heterocycles. The average molecular weight is 1030 g/mol. The molecule has 0 saturated carbocycles.